The first-order valence-corrected chi connectivity index (χ1v) is 23.4. The molecule has 9 heteroatoms. The molecule has 0 bridgehead atoms. The van der Waals surface area contributed by atoms with E-state index >= 15 is 0 Å². The molecule has 0 saturated carbocycles. The molecule has 0 heterocycles. The predicted molar refractivity (Wildman–Crippen MR) is 286 cm³/mol. The van der Waals surface area contributed by atoms with E-state index in [2.05, 4.69) is 171 Å². The van der Waals surface area contributed by atoms with Crippen LogP contribution in [0.2, 0.25) is 0 Å². The van der Waals surface area contributed by atoms with Crippen LogP contribution < -0.4 is 23.7 Å². The molecule has 0 spiro atoms. The molecule has 9 rings (SSSR count). The lowest BCUT2D eigenvalue weighted by Gasteiger charge is -2.28. The molecule has 0 fully saturated rings. The van der Waals surface area contributed by atoms with Gasteiger partial charge in [0.05, 0.1) is 39.0 Å². The third-order valence-electron chi connectivity index (χ3n) is 12.1. The zero-order chi connectivity index (χ0) is 50.1. The molecule has 0 aromatic heterocycles. The van der Waals surface area contributed by atoms with Crippen molar-refractivity contribution < 1.29 is 33.6 Å². The molecule has 362 valence electrons. The molecule has 1 N–H and O–H groups in total. The molecule has 2 atom stereocenters. The molecule has 0 aliphatic rings. The largest absolute Gasteiger partial charge is 0.497 e. The summed E-state index contributed by atoms with van der Waals surface area (Å²) in [4.78, 5) is 14.8. The average Bonchev–Trinajstić information content (AvgIpc) is 3.41. The number of fused-ring (bicyclic) bond motifs is 2. The van der Waals surface area contributed by atoms with Crippen LogP contribution in [0.25, 0.3) is 21.5 Å². The number of nitrogens with zero attached hydrogens (tertiary/aromatic N) is 2. The van der Waals surface area contributed by atoms with Crippen molar-refractivity contribution in [2.75, 3.05) is 49.5 Å². The van der Waals surface area contributed by atoms with Gasteiger partial charge in [-0.25, -0.2) is 4.79 Å². The molecule has 71 heavy (non-hydrogen) atoms. The van der Waals surface area contributed by atoms with Gasteiger partial charge in [0, 0.05) is 16.5 Å². The van der Waals surface area contributed by atoms with Crippen molar-refractivity contribution in [3.63, 3.8) is 0 Å². The Morgan fingerprint density at radius 3 is 1.37 bits per heavy atom. The fraction of sp³-hybridized carbons (Fsp3) is 0.177. The second-order valence-electron chi connectivity index (χ2n) is 17.3. The van der Waals surface area contributed by atoms with E-state index in [0.717, 1.165) is 39.5 Å². The predicted octanol–water partition coefficient (Wildman–Crippen LogP) is 13.6. The molecular formula is C62H62N2O7. The quantitative estimate of drug-likeness (QED) is 0.102. The summed E-state index contributed by atoms with van der Waals surface area (Å²) in [6.07, 6.45) is 0. The molecule has 2 unspecified atom stereocenters. The summed E-state index contributed by atoms with van der Waals surface area (Å²) in [5.74, 6) is 3.28. The Morgan fingerprint density at radius 1 is 0.451 bits per heavy atom. The summed E-state index contributed by atoms with van der Waals surface area (Å²) in [6, 6.07) is 69.2. The van der Waals surface area contributed by atoms with E-state index in [1.54, 1.807) is 26.4 Å². The van der Waals surface area contributed by atoms with Crippen LogP contribution in [0.5, 0.6) is 28.7 Å². The number of ether oxygens (including phenoxy) is 5. The molecule has 0 saturated heterocycles. The van der Waals surface area contributed by atoms with Gasteiger partial charge in [0.1, 0.15) is 42.0 Å². The molecule has 0 aliphatic heterocycles. The van der Waals surface area contributed by atoms with Gasteiger partial charge in [0.25, 0.3) is 0 Å². The van der Waals surface area contributed by atoms with Crippen LogP contribution in [0.15, 0.2) is 206 Å². The van der Waals surface area contributed by atoms with Crippen molar-refractivity contribution in [2.24, 2.45) is 0 Å². The normalized spacial score (nSPS) is 11.7. The van der Waals surface area contributed by atoms with Crippen LogP contribution in [-0.2, 0) is 13.2 Å². The Balaban J connectivity index is 0.000000173. The number of hydrogen-bond acceptors (Lipinski definition) is 8. The number of carboxylic acids is 1. The Hall–Kier alpha value is -8.11. The minimum absolute atomic E-state index is 0.0863. The van der Waals surface area contributed by atoms with E-state index in [-0.39, 0.29) is 17.6 Å². The van der Waals surface area contributed by atoms with E-state index in [1.807, 2.05) is 48.5 Å². The van der Waals surface area contributed by atoms with Crippen molar-refractivity contribution in [1.82, 2.24) is 9.80 Å². The van der Waals surface area contributed by atoms with Gasteiger partial charge >= 0.3 is 5.97 Å². The van der Waals surface area contributed by atoms with Crippen molar-refractivity contribution in [3.8, 4) is 28.7 Å². The van der Waals surface area contributed by atoms with Gasteiger partial charge in [0.2, 0.25) is 0 Å². The first-order chi connectivity index (χ1) is 34.6. The van der Waals surface area contributed by atoms with Gasteiger partial charge in [-0.05, 0) is 121 Å². The van der Waals surface area contributed by atoms with Crippen LogP contribution >= 0.6 is 0 Å². The maximum atomic E-state index is 10.4. The Morgan fingerprint density at radius 2 is 0.873 bits per heavy atom. The summed E-state index contributed by atoms with van der Waals surface area (Å²) in [5, 5.41) is 13.2. The zero-order valence-electron chi connectivity index (χ0n) is 41.5. The highest BCUT2D eigenvalue weighted by Gasteiger charge is 2.24. The van der Waals surface area contributed by atoms with Crippen LogP contribution in [0.1, 0.15) is 55.8 Å². The SMILES string of the molecule is COc1ccc(C(=O)O)cc1.COc1ccc(COc2c(C(c3ccccc3)N(C)C)ccc3ccccc23)cc1.COc1ccc(COc2ccc3ccccc3c2C(c2ccccc2)N(C)C)cc1. The number of hydrogen-bond donors (Lipinski definition) is 1. The van der Waals surface area contributed by atoms with Crippen LogP contribution in [0.3, 0.4) is 0 Å². The maximum absolute atomic E-state index is 10.4. The summed E-state index contributed by atoms with van der Waals surface area (Å²) >= 11 is 0. The Labute approximate surface area is 418 Å². The third kappa shape index (κ3) is 13.2. The van der Waals surface area contributed by atoms with E-state index in [1.165, 1.54) is 57.7 Å². The number of carbonyl (C=O) groups is 1. The number of aromatic carboxylic acids is 1. The summed E-state index contributed by atoms with van der Waals surface area (Å²) < 4.78 is 28.3. The summed E-state index contributed by atoms with van der Waals surface area (Å²) in [5.41, 5.74) is 7.33. The highest BCUT2D eigenvalue weighted by atomic mass is 16.5. The topological polar surface area (TPSA) is 89.9 Å². The first-order valence-electron chi connectivity index (χ1n) is 23.4. The monoisotopic (exact) mass is 946 g/mol. The minimum atomic E-state index is -0.923. The van der Waals surface area contributed by atoms with Crippen molar-refractivity contribution in [3.05, 3.63) is 245 Å². The highest BCUT2D eigenvalue weighted by Crippen LogP contribution is 2.41. The molecule has 9 nitrogen and oxygen atoms in total. The molecule has 0 radical (unpaired) electrons. The van der Waals surface area contributed by atoms with Gasteiger partial charge in [-0.15, -0.1) is 0 Å². The summed E-state index contributed by atoms with van der Waals surface area (Å²) in [6.45, 7) is 1.00. The van der Waals surface area contributed by atoms with E-state index in [9.17, 15) is 4.79 Å². The summed E-state index contributed by atoms with van der Waals surface area (Å²) in [7, 11) is 13.4. The van der Waals surface area contributed by atoms with Gasteiger partial charge in [-0.1, -0.05) is 152 Å². The van der Waals surface area contributed by atoms with E-state index < -0.39 is 5.97 Å². The first kappa shape index (κ1) is 50.8. The van der Waals surface area contributed by atoms with Gasteiger partial charge < -0.3 is 28.8 Å². The lowest BCUT2D eigenvalue weighted by atomic mass is 9.92. The van der Waals surface area contributed by atoms with Crippen LogP contribution in [-0.4, -0.2) is 70.4 Å². The molecular weight excluding hydrogens is 885 g/mol. The van der Waals surface area contributed by atoms with Crippen LogP contribution in [0.4, 0.5) is 0 Å². The second kappa shape index (κ2) is 25.0. The smallest absolute Gasteiger partial charge is 0.335 e. The lowest BCUT2D eigenvalue weighted by Crippen LogP contribution is -2.22. The Kier molecular flexibility index (Phi) is 17.8. The Bertz CT molecular complexity index is 3070. The number of benzene rings is 9. The molecule has 0 amide bonds. The fourth-order valence-electron chi connectivity index (χ4n) is 8.56. The maximum Gasteiger partial charge on any atom is 0.335 e. The second-order valence-corrected chi connectivity index (χ2v) is 17.3. The van der Waals surface area contributed by atoms with Crippen LogP contribution in [0, 0.1) is 0 Å². The van der Waals surface area contributed by atoms with Gasteiger partial charge in [-0.2, -0.15) is 0 Å². The van der Waals surface area contributed by atoms with Gasteiger partial charge in [0.15, 0.2) is 0 Å². The molecule has 9 aromatic rings. The number of methoxy groups -OCH3 is 3. The van der Waals surface area contributed by atoms with Crippen molar-refractivity contribution >= 4 is 27.5 Å². The van der Waals surface area contributed by atoms with Crippen molar-refractivity contribution in [2.45, 2.75) is 25.3 Å². The zero-order valence-corrected chi connectivity index (χ0v) is 41.5. The average molecular weight is 947 g/mol. The van der Waals surface area contributed by atoms with E-state index in [4.69, 9.17) is 28.8 Å². The standard InChI is InChI=1S/2C27H27NO2.C8H8O3/c1-28(2)27(22-10-5-4-6-11-22)26-24-12-8-7-9-21(24)15-18-25(26)30-19-20-13-16-23(29-3)17-14-20;1-28(2)26(22-10-5-4-6-11-22)25-18-15-21-9-7-8-12-24(21)27(25)30-19-20-13-16-23(29-3)17-14-20;1-11-7-4-2-6(3-5-7)8(9)10/h4-18,27H,19H2,1-3H3;4-18,26H,19H2,1-3H3;2-5H,1H3,(H,9,10). The molecule has 9 aromatic carbocycles. The van der Waals surface area contributed by atoms with Gasteiger partial charge in [-0.3, -0.25) is 9.80 Å². The third-order valence-corrected chi connectivity index (χ3v) is 12.1. The highest BCUT2D eigenvalue weighted by molar-refractivity contribution is 5.90. The minimum Gasteiger partial charge on any atom is -0.497 e. The lowest BCUT2D eigenvalue weighted by molar-refractivity contribution is 0.0696. The number of rotatable bonds is 16. The van der Waals surface area contributed by atoms with Crippen molar-refractivity contribution in [1.29, 1.82) is 0 Å². The number of carboxylic acid groups (broad SMARTS) is 1. The van der Waals surface area contributed by atoms with E-state index in [0.29, 0.717) is 19.0 Å². The molecule has 0 aliphatic carbocycles. The fourth-order valence-corrected chi connectivity index (χ4v) is 8.56.